The van der Waals surface area contributed by atoms with Gasteiger partial charge in [0.2, 0.25) is 5.95 Å². The van der Waals surface area contributed by atoms with Gasteiger partial charge >= 0.3 is 0 Å². The number of halogens is 2. The highest BCUT2D eigenvalue weighted by molar-refractivity contribution is 5.82. The van der Waals surface area contributed by atoms with E-state index in [-0.39, 0.29) is 17.4 Å². The Morgan fingerprint density at radius 3 is 2.68 bits per heavy atom. The van der Waals surface area contributed by atoms with E-state index in [0.29, 0.717) is 22.5 Å². The van der Waals surface area contributed by atoms with Crippen LogP contribution in [-0.2, 0) is 0 Å². The molecule has 0 N–H and O–H groups in total. The lowest BCUT2D eigenvalue weighted by Gasteiger charge is -2.09. The molecule has 0 bridgehead atoms. The summed E-state index contributed by atoms with van der Waals surface area (Å²) < 4.78 is 31.3. The van der Waals surface area contributed by atoms with Crippen molar-refractivity contribution in [3.63, 3.8) is 0 Å². The largest absolute Gasteiger partial charge is 0.306 e. The van der Waals surface area contributed by atoms with Gasteiger partial charge in [-0.3, -0.25) is 4.57 Å². The highest BCUT2D eigenvalue weighted by atomic mass is 19.1. The summed E-state index contributed by atoms with van der Waals surface area (Å²) in [4.78, 5) is 8.85. The van der Waals surface area contributed by atoms with Gasteiger partial charge in [-0.15, -0.1) is 0 Å². The van der Waals surface area contributed by atoms with Gasteiger partial charge in [-0.25, -0.2) is 18.7 Å². The highest BCUT2D eigenvalue weighted by Gasteiger charge is 2.29. The maximum Gasteiger partial charge on any atom is 0.216 e. The van der Waals surface area contributed by atoms with Crippen molar-refractivity contribution in [1.29, 1.82) is 5.26 Å². The third-order valence-corrected chi connectivity index (χ3v) is 4.52. The van der Waals surface area contributed by atoms with Crippen molar-refractivity contribution in [2.24, 2.45) is 0 Å². The predicted octanol–water partition coefficient (Wildman–Crippen LogP) is 3.86. The van der Waals surface area contributed by atoms with E-state index in [9.17, 15) is 8.78 Å². The number of benzene rings is 2. The first-order valence-corrected chi connectivity index (χ1v) is 7.90. The molecular weight excluding hydrogens is 324 g/mol. The maximum atomic E-state index is 13.8. The van der Waals surface area contributed by atoms with E-state index in [1.165, 1.54) is 24.3 Å². The number of hydrogen-bond acceptors (Lipinski definition) is 3. The van der Waals surface area contributed by atoms with Crippen LogP contribution in [0.4, 0.5) is 8.78 Å². The lowest BCUT2D eigenvalue weighted by atomic mass is 10.2. The Morgan fingerprint density at radius 1 is 1.08 bits per heavy atom. The molecule has 0 amide bonds. The van der Waals surface area contributed by atoms with Gasteiger partial charge in [0.05, 0.1) is 27.6 Å². The summed E-state index contributed by atoms with van der Waals surface area (Å²) in [6, 6.07) is 9.32. The van der Waals surface area contributed by atoms with Crippen LogP contribution in [0.3, 0.4) is 0 Å². The Balaban J connectivity index is 1.83. The average Bonchev–Trinajstić information content (AvgIpc) is 3.25. The van der Waals surface area contributed by atoms with Crippen LogP contribution in [0, 0.1) is 23.0 Å². The molecule has 0 spiro atoms. The Kier molecular flexibility index (Phi) is 2.74. The fraction of sp³-hybridized carbons (Fsp3) is 0.167. The zero-order valence-corrected chi connectivity index (χ0v) is 12.9. The van der Waals surface area contributed by atoms with Crippen molar-refractivity contribution in [3.8, 4) is 12.0 Å². The third-order valence-electron chi connectivity index (χ3n) is 4.52. The van der Waals surface area contributed by atoms with Crippen molar-refractivity contribution in [2.45, 2.75) is 18.9 Å². The first-order chi connectivity index (χ1) is 12.2. The molecule has 1 aliphatic rings. The molecule has 0 radical (unpaired) electrons. The van der Waals surface area contributed by atoms with Crippen LogP contribution < -0.4 is 0 Å². The normalized spacial score (nSPS) is 14.3. The zero-order chi connectivity index (χ0) is 17.1. The van der Waals surface area contributed by atoms with Crippen LogP contribution in [0.15, 0.2) is 36.7 Å². The fourth-order valence-electron chi connectivity index (χ4n) is 3.19. The SMILES string of the molecule is N#Cc1cc2c(cc1F)ncn2-c1nc2ccc(F)cc2n1C1CC1. The molecule has 0 atom stereocenters. The van der Waals surface area contributed by atoms with E-state index in [0.717, 1.165) is 18.4 Å². The molecule has 122 valence electrons. The Bertz CT molecular complexity index is 1190. The molecule has 2 aromatic heterocycles. The first-order valence-electron chi connectivity index (χ1n) is 7.90. The molecule has 5 nitrogen and oxygen atoms in total. The Hall–Kier alpha value is -3.27. The molecule has 7 heteroatoms. The van der Waals surface area contributed by atoms with E-state index in [4.69, 9.17) is 5.26 Å². The van der Waals surface area contributed by atoms with Gasteiger partial charge in [-0.05, 0) is 37.1 Å². The van der Waals surface area contributed by atoms with Crippen LogP contribution in [-0.4, -0.2) is 19.1 Å². The number of fused-ring (bicyclic) bond motifs is 2. The molecule has 1 saturated carbocycles. The smallest absolute Gasteiger partial charge is 0.216 e. The third kappa shape index (κ3) is 2.04. The minimum Gasteiger partial charge on any atom is -0.306 e. The zero-order valence-electron chi connectivity index (χ0n) is 12.9. The Labute approximate surface area is 140 Å². The minimum atomic E-state index is -0.599. The summed E-state index contributed by atoms with van der Waals surface area (Å²) in [5, 5.41) is 9.09. The first kappa shape index (κ1) is 14.1. The van der Waals surface area contributed by atoms with Crippen molar-refractivity contribution in [1.82, 2.24) is 19.1 Å². The van der Waals surface area contributed by atoms with Crippen LogP contribution in [0.1, 0.15) is 24.4 Å². The molecule has 1 fully saturated rings. The van der Waals surface area contributed by atoms with Crippen LogP contribution >= 0.6 is 0 Å². The summed E-state index contributed by atoms with van der Waals surface area (Å²) in [5.41, 5.74) is 2.40. The van der Waals surface area contributed by atoms with Crippen LogP contribution in [0.5, 0.6) is 0 Å². The summed E-state index contributed by atoms with van der Waals surface area (Å²) in [5.74, 6) is -0.315. The summed E-state index contributed by atoms with van der Waals surface area (Å²) in [6.07, 6.45) is 3.56. The number of nitrogens with zero attached hydrogens (tertiary/aromatic N) is 5. The highest BCUT2D eigenvalue weighted by Crippen LogP contribution is 2.40. The average molecular weight is 335 g/mol. The van der Waals surface area contributed by atoms with E-state index >= 15 is 0 Å². The second kappa shape index (κ2) is 4.86. The standard InChI is InChI=1S/C18H11F2N5/c19-11-1-4-14-17(6-11)25(12-2-3-12)18(23-14)24-9-22-15-7-13(20)10(8-21)5-16(15)24/h1,4-7,9,12H,2-3H2. The predicted molar refractivity (Wildman–Crippen MR) is 87.3 cm³/mol. The van der Waals surface area contributed by atoms with Gasteiger partial charge in [0.1, 0.15) is 24.0 Å². The molecule has 5 rings (SSSR count). The molecule has 1 aliphatic carbocycles. The summed E-state index contributed by atoms with van der Waals surface area (Å²) >= 11 is 0. The van der Waals surface area contributed by atoms with Crippen molar-refractivity contribution >= 4 is 22.1 Å². The summed E-state index contributed by atoms with van der Waals surface area (Å²) in [7, 11) is 0. The second-order valence-corrected chi connectivity index (χ2v) is 6.19. The number of rotatable bonds is 2. The molecular formula is C18H11F2N5. The molecule has 0 aliphatic heterocycles. The van der Waals surface area contributed by atoms with Crippen LogP contribution in [0.2, 0.25) is 0 Å². The van der Waals surface area contributed by atoms with Gasteiger partial charge in [0, 0.05) is 12.1 Å². The number of imidazole rings is 2. The quantitative estimate of drug-likeness (QED) is 0.559. The van der Waals surface area contributed by atoms with Crippen LogP contribution in [0.25, 0.3) is 28.0 Å². The molecule has 2 aromatic carbocycles. The van der Waals surface area contributed by atoms with Crippen molar-refractivity contribution in [2.75, 3.05) is 0 Å². The van der Waals surface area contributed by atoms with E-state index < -0.39 is 5.82 Å². The topological polar surface area (TPSA) is 59.4 Å². The monoisotopic (exact) mass is 335 g/mol. The second-order valence-electron chi connectivity index (χ2n) is 6.19. The molecule has 0 saturated heterocycles. The summed E-state index contributed by atoms with van der Waals surface area (Å²) in [6.45, 7) is 0. The van der Waals surface area contributed by atoms with Gasteiger partial charge in [0.25, 0.3) is 0 Å². The fourth-order valence-corrected chi connectivity index (χ4v) is 3.19. The maximum absolute atomic E-state index is 13.8. The van der Waals surface area contributed by atoms with E-state index in [1.54, 1.807) is 17.0 Å². The van der Waals surface area contributed by atoms with Crippen molar-refractivity contribution < 1.29 is 8.78 Å². The molecule has 25 heavy (non-hydrogen) atoms. The molecule has 2 heterocycles. The number of nitriles is 1. The molecule has 0 unspecified atom stereocenters. The van der Waals surface area contributed by atoms with Gasteiger partial charge in [0.15, 0.2) is 0 Å². The van der Waals surface area contributed by atoms with Gasteiger partial charge in [-0.1, -0.05) is 0 Å². The number of hydrogen-bond donors (Lipinski definition) is 0. The van der Waals surface area contributed by atoms with Gasteiger partial charge < -0.3 is 4.57 Å². The minimum absolute atomic E-state index is 0.0469. The lowest BCUT2D eigenvalue weighted by molar-refractivity contribution is 0.625. The molecule has 4 aromatic rings. The van der Waals surface area contributed by atoms with Crippen molar-refractivity contribution in [3.05, 3.63) is 53.9 Å². The lowest BCUT2D eigenvalue weighted by Crippen LogP contribution is -2.05. The number of aromatic nitrogens is 4. The van der Waals surface area contributed by atoms with E-state index in [1.807, 2.05) is 10.6 Å². The van der Waals surface area contributed by atoms with E-state index in [2.05, 4.69) is 9.97 Å². The van der Waals surface area contributed by atoms with Gasteiger partial charge in [-0.2, -0.15) is 5.26 Å². The Morgan fingerprint density at radius 2 is 1.92 bits per heavy atom.